The Morgan fingerprint density at radius 1 is 1.06 bits per heavy atom. The Kier molecular flexibility index (Phi) is 6.79. The smallest absolute Gasteiger partial charge is 0.339 e. The van der Waals surface area contributed by atoms with Crippen LogP contribution in [0.5, 0.6) is 0 Å². The lowest BCUT2D eigenvalue weighted by Crippen LogP contribution is -2.52. The van der Waals surface area contributed by atoms with Crippen LogP contribution in [-0.2, 0) is 4.74 Å². The second-order valence-electron chi connectivity index (χ2n) is 8.56. The van der Waals surface area contributed by atoms with E-state index in [0.717, 1.165) is 43.5 Å². The van der Waals surface area contributed by atoms with Crippen molar-refractivity contribution in [3.63, 3.8) is 0 Å². The van der Waals surface area contributed by atoms with Gasteiger partial charge in [0.05, 0.1) is 24.4 Å². The molecule has 1 fully saturated rings. The van der Waals surface area contributed by atoms with E-state index in [0.29, 0.717) is 22.5 Å². The van der Waals surface area contributed by atoms with Gasteiger partial charge in [0.1, 0.15) is 11.6 Å². The zero-order valence-corrected chi connectivity index (χ0v) is 19.6. The molecule has 3 rings (SSSR count). The highest BCUT2D eigenvalue weighted by molar-refractivity contribution is 6.03. The summed E-state index contributed by atoms with van der Waals surface area (Å²) in [6.45, 7) is 14.8. The molecule has 0 aliphatic carbocycles. The number of rotatable bonds is 6. The second kappa shape index (κ2) is 9.18. The number of piperazine rings is 1. The molecule has 8 nitrogen and oxygen atoms in total. The number of hydrogen-bond donors (Lipinski definition) is 1. The number of esters is 1. The van der Waals surface area contributed by atoms with E-state index in [9.17, 15) is 9.59 Å². The average Bonchev–Trinajstić information content (AvgIpc) is 3.05. The van der Waals surface area contributed by atoms with Crippen LogP contribution in [0.1, 0.15) is 70.3 Å². The van der Waals surface area contributed by atoms with Crippen LogP contribution in [0, 0.1) is 20.8 Å². The van der Waals surface area contributed by atoms with Crippen LogP contribution in [0.2, 0.25) is 0 Å². The van der Waals surface area contributed by atoms with Gasteiger partial charge >= 0.3 is 5.97 Å². The molecular formula is C23H33N5O3. The first-order chi connectivity index (χ1) is 14.6. The monoisotopic (exact) mass is 427 g/mol. The molecule has 2 aromatic rings. The minimum Gasteiger partial charge on any atom is -0.465 e. The van der Waals surface area contributed by atoms with Crippen molar-refractivity contribution in [2.75, 3.05) is 38.2 Å². The number of aromatic nitrogens is 3. The lowest BCUT2D eigenvalue weighted by atomic mass is 10.0. The average molecular weight is 428 g/mol. The Hall–Kier alpha value is -2.74. The number of aromatic amines is 1. The molecule has 0 aromatic carbocycles. The van der Waals surface area contributed by atoms with Crippen molar-refractivity contribution < 1.29 is 14.3 Å². The molecule has 3 heterocycles. The summed E-state index contributed by atoms with van der Waals surface area (Å²) >= 11 is 0. The highest BCUT2D eigenvalue weighted by atomic mass is 16.5. The first-order valence-electron chi connectivity index (χ1n) is 10.8. The van der Waals surface area contributed by atoms with Crippen LogP contribution in [0.3, 0.4) is 0 Å². The highest BCUT2D eigenvalue weighted by Crippen LogP contribution is 2.23. The molecule has 31 heavy (non-hydrogen) atoms. The molecule has 1 saturated heterocycles. The number of ether oxygens (including phenoxy) is 1. The summed E-state index contributed by atoms with van der Waals surface area (Å²) in [6, 6.07) is 1.73. The standard InChI is InChI=1S/C23H33N5O3/c1-13(2)22-24-14(3)12-18(26-22)28-10-8-27(9-11-28)17(6)21(29)20-15(4)19(16(5)25-20)23(30)31-7/h12-13,17,25H,8-11H2,1-7H3/t17-/m1/s1. The number of carbonyl (C=O) groups excluding carboxylic acids is 2. The van der Waals surface area contributed by atoms with Crippen LogP contribution in [0.15, 0.2) is 6.07 Å². The molecule has 0 amide bonds. The van der Waals surface area contributed by atoms with Crippen LogP contribution in [-0.4, -0.2) is 70.9 Å². The van der Waals surface area contributed by atoms with E-state index < -0.39 is 5.97 Å². The fraction of sp³-hybridized carbons (Fsp3) is 0.565. The zero-order valence-electron chi connectivity index (χ0n) is 19.6. The fourth-order valence-electron chi connectivity index (χ4n) is 4.11. The van der Waals surface area contributed by atoms with Crippen molar-refractivity contribution in [1.82, 2.24) is 19.9 Å². The molecular weight excluding hydrogens is 394 g/mol. The largest absolute Gasteiger partial charge is 0.465 e. The summed E-state index contributed by atoms with van der Waals surface area (Å²) < 4.78 is 4.86. The van der Waals surface area contributed by atoms with Gasteiger partial charge in [-0.1, -0.05) is 13.8 Å². The summed E-state index contributed by atoms with van der Waals surface area (Å²) in [6.07, 6.45) is 0. The number of ketones is 1. The van der Waals surface area contributed by atoms with Crippen LogP contribution < -0.4 is 4.90 Å². The van der Waals surface area contributed by atoms with Gasteiger partial charge in [-0.05, 0) is 33.3 Å². The molecule has 1 aliphatic heterocycles. The molecule has 168 valence electrons. The number of carbonyl (C=O) groups is 2. The minimum absolute atomic E-state index is 0.0100. The molecule has 2 aromatic heterocycles. The van der Waals surface area contributed by atoms with E-state index in [1.165, 1.54) is 7.11 Å². The van der Waals surface area contributed by atoms with Gasteiger partial charge in [-0.15, -0.1) is 0 Å². The first kappa shape index (κ1) is 22.9. The summed E-state index contributed by atoms with van der Waals surface area (Å²) in [5.74, 6) is 1.66. The normalized spacial score (nSPS) is 15.9. The van der Waals surface area contributed by atoms with Crippen LogP contribution in [0.25, 0.3) is 0 Å². The maximum absolute atomic E-state index is 13.2. The molecule has 1 atom stereocenters. The van der Waals surface area contributed by atoms with E-state index in [-0.39, 0.29) is 17.7 Å². The molecule has 0 spiro atoms. The summed E-state index contributed by atoms with van der Waals surface area (Å²) in [4.78, 5) is 42.1. The van der Waals surface area contributed by atoms with E-state index >= 15 is 0 Å². The van der Waals surface area contributed by atoms with E-state index in [1.807, 2.05) is 19.9 Å². The Bertz CT molecular complexity index is 974. The number of methoxy groups -OCH3 is 1. The van der Waals surface area contributed by atoms with Crippen molar-refractivity contribution in [2.45, 2.75) is 53.5 Å². The highest BCUT2D eigenvalue weighted by Gasteiger charge is 2.30. The van der Waals surface area contributed by atoms with Gasteiger partial charge in [0, 0.05) is 49.6 Å². The van der Waals surface area contributed by atoms with Crippen molar-refractivity contribution >= 4 is 17.6 Å². The SMILES string of the molecule is COC(=O)c1c(C)[nH]c(C(=O)[C@@H](C)N2CCN(c3cc(C)nc(C(C)C)n3)CC2)c1C. The third kappa shape index (κ3) is 4.63. The molecule has 8 heteroatoms. The number of anilines is 1. The van der Waals surface area contributed by atoms with E-state index in [1.54, 1.807) is 13.8 Å². The third-order valence-corrected chi connectivity index (χ3v) is 6.01. The van der Waals surface area contributed by atoms with Crippen molar-refractivity contribution in [3.05, 3.63) is 40.1 Å². The second-order valence-corrected chi connectivity index (χ2v) is 8.56. The summed E-state index contributed by atoms with van der Waals surface area (Å²) in [7, 11) is 1.35. The lowest BCUT2D eigenvalue weighted by molar-refractivity contribution is 0.0599. The summed E-state index contributed by atoms with van der Waals surface area (Å²) in [5.41, 5.74) is 3.21. The minimum atomic E-state index is -0.424. The Morgan fingerprint density at radius 2 is 1.71 bits per heavy atom. The first-order valence-corrected chi connectivity index (χ1v) is 10.8. The molecule has 0 unspecified atom stereocenters. The quantitative estimate of drug-likeness (QED) is 0.560. The molecule has 1 aliphatic rings. The molecule has 0 radical (unpaired) electrons. The number of H-pyrrole nitrogens is 1. The maximum Gasteiger partial charge on any atom is 0.339 e. The number of nitrogens with one attached hydrogen (secondary N) is 1. The topological polar surface area (TPSA) is 91.4 Å². The Balaban J connectivity index is 1.70. The zero-order chi connectivity index (χ0) is 22.9. The number of Topliss-reactive ketones (excluding diaryl/α,β-unsaturated/α-hetero) is 1. The van der Waals surface area contributed by atoms with Crippen molar-refractivity contribution in [2.24, 2.45) is 0 Å². The fourth-order valence-corrected chi connectivity index (χ4v) is 4.11. The van der Waals surface area contributed by atoms with Gasteiger partial charge in [-0.3, -0.25) is 9.69 Å². The molecule has 0 bridgehead atoms. The van der Waals surface area contributed by atoms with Gasteiger partial charge in [0.25, 0.3) is 0 Å². The van der Waals surface area contributed by atoms with Crippen LogP contribution >= 0.6 is 0 Å². The van der Waals surface area contributed by atoms with E-state index in [2.05, 4.69) is 33.6 Å². The number of hydrogen-bond acceptors (Lipinski definition) is 7. The van der Waals surface area contributed by atoms with E-state index in [4.69, 9.17) is 9.72 Å². The Morgan fingerprint density at radius 3 is 2.29 bits per heavy atom. The third-order valence-electron chi connectivity index (χ3n) is 6.01. The predicted octanol–water partition coefficient (Wildman–Crippen LogP) is 3.03. The van der Waals surface area contributed by atoms with Gasteiger partial charge in [-0.2, -0.15) is 0 Å². The van der Waals surface area contributed by atoms with Gasteiger partial charge in [0.2, 0.25) is 0 Å². The van der Waals surface area contributed by atoms with Gasteiger partial charge in [-0.25, -0.2) is 14.8 Å². The number of nitrogens with zero attached hydrogens (tertiary/aromatic N) is 4. The maximum atomic E-state index is 13.2. The van der Waals surface area contributed by atoms with Crippen molar-refractivity contribution in [1.29, 1.82) is 0 Å². The van der Waals surface area contributed by atoms with Gasteiger partial charge in [0.15, 0.2) is 5.78 Å². The Labute approximate surface area is 184 Å². The predicted molar refractivity (Wildman–Crippen MR) is 120 cm³/mol. The molecule has 1 N–H and O–H groups in total. The molecule has 0 saturated carbocycles. The summed E-state index contributed by atoms with van der Waals surface area (Å²) in [5, 5.41) is 0. The van der Waals surface area contributed by atoms with Crippen molar-refractivity contribution in [3.8, 4) is 0 Å². The van der Waals surface area contributed by atoms with Crippen LogP contribution in [0.4, 0.5) is 5.82 Å². The number of aryl methyl sites for hydroxylation is 2. The van der Waals surface area contributed by atoms with Gasteiger partial charge < -0.3 is 14.6 Å². The lowest BCUT2D eigenvalue weighted by Gasteiger charge is -2.38.